The standard InChI is InChI=1S/C11H16ClN3O/c12-9-3-1-2-4-10(9)16-6-5-8-7-11(13)15-14-8/h1-4,8,11,14-15H,5-7,13H2. The molecule has 1 aromatic carbocycles. The molecule has 1 fully saturated rings. The third kappa shape index (κ3) is 3.09. The van der Waals surface area contributed by atoms with Gasteiger partial charge >= 0.3 is 0 Å². The zero-order valence-electron chi connectivity index (χ0n) is 8.95. The number of para-hydroxylation sites is 1. The second-order valence-corrected chi connectivity index (χ2v) is 4.30. The third-order valence-corrected chi connectivity index (χ3v) is 2.88. The zero-order chi connectivity index (χ0) is 11.4. The van der Waals surface area contributed by atoms with Crippen LogP contribution in [-0.4, -0.2) is 18.8 Å². The molecule has 0 radical (unpaired) electrons. The van der Waals surface area contributed by atoms with Crippen molar-refractivity contribution in [2.75, 3.05) is 6.61 Å². The van der Waals surface area contributed by atoms with E-state index in [1.54, 1.807) is 0 Å². The van der Waals surface area contributed by atoms with Crippen LogP contribution in [0.3, 0.4) is 0 Å². The minimum Gasteiger partial charge on any atom is -0.492 e. The first kappa shape index (κ1) is 11.7. The van der Waals surface area contributed by atoms with Crippen LogP contribution < -0.4 is 21.3 Å². The molecular formula is C11H16ClN3O. The first-order valence-corrected chi connectivity index (χ1v) is 5.77. The Kier molecular flexibility index (Phi) is 4.01. The van der Waals surface area contributed by atoms with Crippen LogP contribution in [-0.2, 0) is 0 Å². The molecule has 5 heteroatoms. The molecule has 1 aliphatic rings. The maximum atomic E-state index is 5.97. The van der Waals surface area contributed by atoms with E-state index < -0.39 is 0 Å². The summed E-state index contributed by atoms with van der Waals surface area (Å²) in [5, 5.41) is 0.650. The molecule has 2 rings (SSSR count). The van der Waals surface area contributed by atoms with Crippen LogP contribution in [0.15, 0.2) is 24.3 Å². The molecule has 0 aliphatic carbocycles. The molecule has 0 amide bonds. The highest BCUT2D eigenvalue weighted by molar-refractivity contribution is 6.32. The van der Waals surface area contributed by atoms with Gasteiger partial charge in [-0.1, -0.05) is 23.7 Å². The number of rotatable bonds is 4. The third-order valence-electron chi connectivity index (χ3n) is 2.57. The molecule has 1 aliphatic heterocycles. The predicted octanol–water partition coefficient (Wildman–Crippen LogP) is 1.26. The number of nitrogens with two attached hydrogens (primary N) is 1. The summed E-state index contributed by atoms with van der Waals surface area (Å²) in [6, 6.07) is 7.86. The van der Waals surface area contributed by atoms with Crippen molar-refractivity contribution in [3.05, 3.63) is 29.3 Å². The predicted molar refractivity (Wildman–Crippen MR) is 64.2 cm³/mol. The Morgan fingerprint density at radius 2 is 2.19 bits per heavy atom. The maximum Gasteiger partial charge on any atom is 0.137 e. The topological polar surface area (TPSA) is 59.3 Å². The molecule has 1 aromatic rings. The SMILES string of the molecule is NC1CC(CCOc2ccccc2Cl)NN1. The Labute approximate surface area is 100 Å². The molecule has 0 bridgehead atoms. The monoisotopic (exact) mass is 241 g/mol. The summed E-state index contributed by atoms with van der Waals surface area (Å²) >= 11 is 5.97. The molecule has 88 valence electrons. The van der Waals surface area contributed by atoms with Crippen molar-refractivity contribution in [1.82, 2.24) is 10.9 Å². The van der Waals surface area contributed by atoms with Crippen LogP contribution in [0.5, 0.6) is 5.75 Å². The number of nitrogens with one attached hydrogen (secondary N) is 2. The van der Waals surface area contributed by atoms with Gasteiger partial charge in [0, 0.05) is 6.04 Å². The van der Waals surface area contributed by atoms with Gasteiger partial charge in [-0.05, 0) is 25.0 Å². The maximum absolute atomic E-state index is 5.97. The summed E-state index contributed by atoms with van der Waals surface area (Å²) in [6.07, 6.45) is 1.88. The van der Waals surface area contributed by atoms with E-state index in [1.807, 2.05) is 24.3 Å². The first-order chi connectivity index (χ1) is 7.75. The van der Waals surface area contributed by atoms with Crippen molar-refractivity contribution in [3.8, 4) is 5.75 Å². The van der Waals surface area contributed by atoms with E-state index >= 15 is 0 Å². The van der Waals surface area contributed by atoms with Crippen molar-refractivity contribution in [2.45, 2.75) is 25.0 Å². The molecule has 4 nitrogen and oxygen atoms in total. The first-order valence-electron chi connectivity index (χ1n) is 5.39. The van der Waals surface area contributed by atoms with Crippen molar-refractivity contribution in [3.63, 3.8) is 0 Å². The van der Waals surface area contributed by atoms with E-state index in [4.69, 9.17) is 22.1 Å². The highest BCUT2D eigenvalue weighted by atomic mass is 35.5. The van der Waals surface area contributed by atoms with Crippen LogP contribution in [0, 0.1) is 0 Å². The average Bonchev–Trinajstić information content (AvgIpc) is 2.67. The highest BCUT2D eigenvalue weighted by Crippen LogP contribution is 2.23. The molecule has 0 aromatic heterocycles. The van der Waals surface area contributed by atoms with E-state index in [1.165, 1.54) is 0 Å². The lowest BCUT2D eigenvalue weighted by atomic mass is 10.1. The van der Waals surface area contributed by atoms with Crippen LogP contribution >= 0.6 is 11.6 Å². The molecule has 2 unspecified atom stereocenters. The summed E-state index contributed by atoms with van der Waals surface area (Å²) in [7, 11) is 0. The lowest BCUT2D eigenvalue weighted by Gasteiger charge is -2.11. The molecule has 1 heterocycles. The van der Waals surface area contributed by atoms with Gasteiger partial charge < -0.3 is 10.5 Å². The van der Waals surface area contributed by atoms with E-state index in [0.717, 1.165) is 18.6 Å². The van der Waals surface area contributed by atoms with Crippen molar-refractivity contribution >= 4 is 11.6 Å². The minimum atomic E-state index is 0.0466. The van der Waals surface area contributed by atoms with Crippen LogP contribution in [0.1, 0.15) is 12.8 Å². The fourth-order valence-corrected chi connectivity index (χ4v) is 1.90. The smallest absolute Gasteiger partial charge is 0.137 e. The lowest BCUT2D eigenvalue weighted by molar-refractivity contribution is 0.290. The van der Waals surface area contributed by atoms with Crippen molar-refractivity contribution in [2.24, 2.45) is 5.73 Å². The number of halogens is 1. The second-order valence-electron chi connectivity index (χ2n) is 3.90. The van der Waals surface area contributed by atoms with Gasteiger partial charge in [0.25, 0.3) is 0 Å². The van der Waals surface area contributed by atoms with Crippen LogP contribution in [0.2, 0.25) is 5.02 Å². The number of hydrogen-bond donors (Lipinski definition) is 3. The second kappa shape index (κ2) is 5.50. The van der Waals surface area contributed by atoms with Crippen LogP contribution in [0.25, 0.3) is 0 Å². The van der Waals surface area contributed by atoms with Gasteiger partial charge in [-0.2, -0.15) is 0 Å². The number of hydrazine groups is 1. The molecule has 16 heavy (non-hydrogen) atoms. The van der Waals surface area contributed by atoms with Gasteiger partial charge in [0.2, 0.25) is 0 Å². The van der Waals surface area contributed by atoms with E-state index in [-0.39, 0.29) is 6.17 Å². The zero-order valence-corrected chi connectivity index (χ0v) is 9.70. The van der Waals surface area contributed by atoms with Gasteiger partial charge in [-0.25, -0.2) is 5.43 Å². The summed E-state index contributed by atoms with van der Waals surface area (Å²) in [4.78, 5) is 0. The molecule has 2 atom stereocenters. The fraction of sp³-hybridized carbons (Fsp3) is 0.455. The fourth-order valence-electron chi connectivity index (χ4n) is 1.71. The van der Waals surface area contributed by atoms with Gasteiger partial charge in [0.05, 0.1) is 17.8 Å². The van der Waals surface area contributed by atoms with Crippen molar-refractivity contribution in [1.29, 1.82) is 0 Å². The Bertz CT molecular complexity index is 348. The summed E-state index contributed by atoms with van der Waals surface area (Å²) in [5.41, 5.74) is 11.8. The molecule has 0 saturated carbocycles. The van der Waals surface area contributed by atoms with E-state index in [9.17, 15) is 0 Å². The lowest BCUT2D eigenvalue weighted by Crippen LogP contribution is -2.37. The largest absolute Gasteiger partial charge is 0.492 e. The van der Waals surface area contributed by atoms with Gasteiger partial charge in [0.1, 0.15) is 5.75 Å². The summed E-state index contributed by atoms with van der Waals surface area (Å²) < 4.78 is 5.59. The van der Waals surface area contributed by atoms with Gasteiger partial charge in [-0.15, -0.1) is 0 Å². The van der Waals surface area contributed by atoms with Gasteiger partial charge in [0.15, 0.2) is 0 Å². The Morgan fingerprint density at radius 3 is 2.88 bits per heavy atom. The Balaban J connectivity index is 1.74. The molecule has 4 N–H and O–H groups in total. The molecule has 1 saturated heterocycles. The normalized spacial score (nSPS) is 24.6. The Hall–Kier alpha value is -0.810. The summed E-state index contributed by atoms with van der Waals surface area (Å²) in [5.74, 6) is 0.736. The highest BCUT2D eigenvalue weighted by Gasteiger charge is 2.19. The number of ether oxygens (including phenoxy) is 1. The minimum absolute atomic E-state index is 0.0466. The quantitative estimate of drug-likeness (QED) is 0.743. The van der Waals surface area contributed by atoms with Gasteiger partial charge in [-0.3, -0.25) is 5.43 Å². The van der Waals surface area contributed by atoms with Crippen LogP contribution in [0.4, 0.5) is 0 Å². The number of benzene rings is 1. The number of hydrogen-bond acceptors (Lipinski definition) is 4. The average molecular weight is 242 g/mol. The molecular weight excluding hydrogens is 226 g/mol. The Morgan fingerprint density at radius 1 is 1.38 bits per heavy atom. The van der Waals surface area contributed by atoms with E-state index in [2.05, 4.69) is 10.9 Å². The van der Waals surface area contributed by atoms with Crippen molar-refractivity contribution < 1.29 is 4.74 Å². The summed E-state index contributed by atoms with van der Waals surface area (Å²) in [6.45, 7) is 0.635. The molecule has 0 spiro atoms. The van der Waals surface area contributed by atoms with E-state index in [0.29, 0.717) is 17.7 Å².